The number of hydrogen-bond acceptors (Lipinski definition) is 2. The first-order chi connectivity index (χ1) is 14.8. The normalized spacial score (nSPS) is 11.1. The highest BCUT2D eigenvalue weighted by molar-refractivity contribution is 5.83. The molecule has 1 aromatic heterocycles. The van der Waals surface area contributed by atoms with Gasteiger partial charge in [0.05, 0.1) is 27.2 Å². The third kappa shape index (κ3) is 6.18. The average Bonchev–Trinajstić information content (AvgIpc) is 2.72. The molecule has 0 aliphatic carbocycles. The standard InChI is InChI=1S/C25H32N4O2/c1-18-13-19(2)22-15-21(24(30)27-23(22)14-18)17-29(12-8-11-28(3)4)25(31)26-16-20-9-6-5-7-10-20/h5-7,9-10,13-15H,8,11-12,16-17H2,1-4H3,(H,26,31)(H,27,30)/p+1. The van der Waals surface area contributed by atoms with Crippen molar-refractivity contribution in [3.05, 3.63) is 81.1 Å². The molecule has 0 aliphatic rings. The van der Waals surface area contributed by atoms with Gasteiger partial charge in [0.25, 0.3) is 5.56 Å². The van der Waals surface area contributed by atoms with Gasteiger partial charge in [-0.15, -0.1) is 0 Å². The number of H-pyrrole nitrogens is 1. The number of aromatic amines is 1. The van der Waals surface area contributed by atoms with Gasteiger partial charge in [0.1, 0.15) is 0 Å². The van der Waals surface area contributed by atoms with E-state index in [4.69, 9.17) is 0 Å². The number of carbonyl (C=O) groups excluding carboxylic acids is 1. The Bertz CT molecular complexity index is 1090. The predicted octanol–water partition coefficient (Wildman–Crippen LogP) is 2.39. The van der Waals surface area contributed by atoms with Crippen molar-refractivity contribution in [2.24, 2.45) is 0 Å². The minimum Gasteiger partial charge on any atom is -0.340 e. The molecule has 3 aromatic rings. The number of hydrogen-bond donors (Lipinski definition) is 3. The van der Waals surface area contributed by atoms with Crippen molar-refractivity contribution in [1.82, 2.24) is 15.2 Å². The van der Waals surface area contributed by atoms with Gasteiger partial charge < -0.3 is 20.1 Å². The lowest BCUT2D eigenvalue weighted by Crippen LogP contribution is -3.05. The first-order valence-electron chi connectivity index (χ1n) is 10.8. The number of nitrogens with one attached hydrogen (secondary N) is 3. The molecule has 0 aliphatic heterocycles. The van der Waals surface area contributed by atoms with Crippen molar-refractivity contribution >= 4 is 16.9 Å². The molecular formula is C25H33N4O2+. The van der Waals surface area contributed by atoms with Crippen LogP contribution in [0, 0.1) is 13.8 Å². The fourth-order valence-corrected chi connectivity index (χ4v) is 3.80. The first-order valence-corrected chi connectivity index (χ1v) is 10.8. The Hall–Kier alpha value is -3.12. The second kappa shape index (κ2) is 10.3. The van der Waals surface area contributed by atoms with E-state index < -0.39 is 0 Å². The number of amides is 2. The topological polar surface area (TPSA) is 69.6 Å². The zero-order chi connectivity index (χ0) is 22.4. The molecule has 0 radical (unpaired) electrons. The lowest BCUT2D eigenvalue weighted by molar-refractivity contribution is -0.858. The van der Waals surface area contributed by atoms with Crippen molar-refractivity contribution in [3.63, 3.8) is 0 Å². The Kier molecular flexibility index (Phi) is 7.47. The van der Waals surface area contributed by atoms with Gasteiger partial charge in [0.15, 0.2) is 0 Å². The van der Waals surface area contributed by atoms with Crippen LogP contribution in [0.2, 0.25) is 0 Å². The number of fused-ring (bicyclic) bond motifs is 1. The number of rotatable bonds is 8. The number of quaternary nitrogens is 1. The van der Waals surface area contributed by atoms with Gasteiger partial charge in [-0.1, -0.05) is 36.4 Å². The van der Waals surface area contributed by atoms with Gasteiger partial charge in [-0.2, -0.15) is 0 Å². The highest BCUT2D eigenvalue weighted by atomic mass is 16.2. The lowest BCUT2D eigenvalue weighted by Gasteiger charge is -2.23. The van der Waals surface area contributed by atoms with Crippen LogP contribution in [0.3, 0.4) is 0 Å². The molecule has 0 atom stereocenters. The van der Waals surface area contributed by atoms with Crippen LogP contribution in [0.5, 0.6) is 0 Å². The third-order valence-electron chi connectivity index (χ3n) is 5.43. The molecule has 3 N–H and O–H groups in total. The van der Waals surface area contributed by atoms with Gasteiger partial charge in [0, 0.05) is 36.0 Å². The molecule has 6 heteroatoms. The number of pyridine rings is 1. The highest BCUT2D eigenvalue weighted by Gasteiger charge is 2.17. The minimum absolute atomic E-state index is 0.142. The van der Waals surface area contributed by atoms with Crippen LogP contribution in [-0.2, 0) is 13.1 Å². The van der Waals surface area contributed by atoms with E-state index in [1.54, 1.807) is 4.90 Å². The van der Waals surface area contributed by atoms with E-state index in [2.05, 4.69) is 30.5 Å². The molecule has 2 amide bonds. The second-order valence-electron chi connectivity index (χ2n) is 8.54. The minimum atomic E-state index is -0.155. The second-order valence-corrected chi connectivity index (χ2v) is 8.54. The van der Waals surface area contributed by atoms with Gasteiger partial charge in [0.2, 0.25) is 0 Å². The molecule has 31 heavy (non-hydrogen) atoms. The number of benzene rings is 2. The van der Waals surface area contributed by atoms with Crippen molar-refractivity contribution in [2.45, 2.75) is 33.4 Å². The highest BCUT2D eigenvalue weighted by Crippen LogP contribution is 2.19. The van der Waals surface area contributed by atoms with Crippen LogP contribution >= 0.6 is 0 Å². The summed E-state index contributed by atoms with van der Waals surface area (Å²) in [7, 11) is 4.19. The average molecular weight is 422 g/mol. The van der Waals surface area contributed by atoms with Crippen molar-refractivity contribution in [1.29, 1.82) is 0 Å². The summed E-state index contributed by atoms with van der Waals surface area (Å²) in [6.45, 7) is 6.35. The van der Waals surface area contributed by atoms with Crippen molar-refractivity contribution < 1.29 is 9.69 Å². The summed E-state index contributed by atoms with van der Waals surface area (Å²) in [5, 5.41) is 4.02. The smallest absolute Gasteiger partial charge is 0.317 e. The van der Waals surface area contributed by atoms with Crippen LogP contribution in [0.15, 0.2) is 53.3 Å². The summed E-state index contributed by atoms with van der Waals surface area (Å²) in [5.41, 5.74) is 4.57. The van der Waals surface area contributed by atoms with Crippen LogP contribution in [0.4, 0.5) is 4.79 Å². The quantitative estimate of drug-likeness (QED) is 0.523. The number of carbonyl (C=O) groups is 1. The third-order valence-corrected chi connectivity index (χ3v) is 5.43. The van der Waals surface area contributed by atoms with E-state index >= 15 is 0 Å². The SMILES string of the molecule is Cc1cc(C)c2cc(CN(CCC[NH+](C)C)C(=O)NCc3ccccc3)c(=O)[nH]c2c1. The van der Waals surface area contributed by atoms with Crippen molar-refractivity contribution in [3.8, 4) is 0 Å². The molecule has 0 saturated carbocycles. The fourth-order valence-electron chi connectivity index (χ4n) is 3.80. The Morgan fingerprint density at radius 2 is 1.84 bits per heavy atom. The maximum Gasteiger partial charge on any atom is 0.317 e. The number of urea groups is 1. The van der Waals surface area contributed by atoms with E-state index in [1.807, 2.05) is 56.3 Å². The van der Waals surface area contributed by atoms with E-state index in [1.165, 1.54) is 4.90 Å². The molecule has 164 valence electrons. The summed E-state index contributed by atoms with van der Waals surface area (Å²) < 4.78 is 0. The first kappa shape index (κ1) is 22.6. The van der Waals surface area contributed by atoms with E-state index in [-0.39, 0.29) is 18.1 Å². The van der Waals surface area contributed by atoms with Gasteiger partial charge in [-0.3, -0.25) is 4.79 Å². The maximum absolute atomic E-state index is 13.0. The number of nitrogens with zero attached hydrogens (tertiary/aromatic N) is 1. The zero-order valence-electron chi connectivity index (χ0n) is 18.9. The summed E-state index contributed by atoms with van der Waals surface area (Å²) >= 11 is 0. The Morgan fingerprint density at radius 3 is 2.55 bits per heavy atom. The van der Waals surface area contributed by atoms with E-state index in [0.29, 0.717) is 18.7 Å². The Morgan fingerprint density at radius 1 is 1.10 bits per heavy atom. The summed E-state index contributed by atoms with van der Waals surface area (Å²) in [5.74, 6) is 0. The molecule has 0 spiro atoms. The molecule has 3 rings (SSSR count). The number of aryl methyl sites for hydroxylation is 2. The summed E-state index contributed by atoms with van der Waals surface area (Å²) in [6.07, 6.45) is 0.866. The molecule has 6 nitrogen and oxygen atoms in total. The summed E-state index contributed by atoms with van der Waals surface area (Å²) in [4.78, 5) is 31.8. The maximum atomic E-state index is 13.0. The molecule has 0 fully saturated rings. The van der Waals surface area contributed by atoms with Crippen LogP contribution in [0.1, 0.15) is 28.7 Å². The molecule has 2 aromatic carbocycles. The van der Waals surface area contributed by atoms with E-state index in [9.17, 15) is 9.59 Å². The predicted molar refractivity (Wildman–Crippen MR) is 125 cm³/mol. The van der Waals surface area contributed by atoms with Gasteiger partial charge >= 0.3 is 6.03 Å². The lowest BCUT2D eigenvalue weighted by atomic mass is 10.0. The molecule has 1 heterocycles. The monoisotopic (exact) mass is 421 g/mol. The molecule has 0 unspecified atom stereocenters. The van der Waals surface area contributed by atoms with E-state index in [0.717, 1.165) is 40.6 Å². The zero-order valence-corrected chi connectivity index (χ0v) is 18.9. The number of aromatic nitrogens is 1. The molecule has 0 saturated heterocycles. The molecule has 0 bridgehead atoms. The Labute approximate surface area is 183 Å². The van der Waals surface area contributed by atoms with Crippen LogP contribution in [0.25, 0.3) is 10.9 Å². The largest absolute Gasteiger partial charge is 0.340 e. The van der Waals surface area contributed by atoms with Crippen molar-refractivity contribution in [2.75, 3.05) is 27.2 Å². The molecular weight excluding hydrogens is 388 g/mol. The van der Waals surface area contributed by atoms with Crippen LogP contribution in [-0.4, -0.2) is 43.1 Å². The van der Waals surface area contributed by atoms with Gasteiger partial charge in [-0.25, -0.2) is 4.79 Å². The van der Waals surface area contributed by atoms with Gasteiger partial charge in [-0.05, 0) is 42.7 Å². The Balaban J connectivity index is 1.80. The van der Waals surface area contributed by atoms with Crippen LogP contribution < -0.4 is 15.8 Å². The summed E-state index contributed by atoms with van der Waals surface area (Å²) in [6, 6.07) is 15.7. The fraction of sp³-hybridized carbons (Fsp3) is 0.360.